The fraction of sp³-hybridized carbons (Fsp3) is 1.00. The minimum atomic E-state index is -0.157. The van der Waals surface area contributed by atoms with E-state index in [1.807, 2.05) is 0 Å². The summed E-state index contributed by atoms with van der Waals surface area (Å²) in [6, 6.07) is 0. The summed E-state index contributed by atoms with van der Waals surface area (Å²) in [5.41, 5.74) is -0.157. The van der Waals surface area contributed by atoms with Crippen molar-refractivity contribution in [1.29, 1.82) is 0 Å². The Morgan fingerprint density at radius 3 is 2.73 bits per heavy atom. The average Bonchev–Trinajstić information content (AvgIpc) is 3.10. The molecule has 0 aromatic heterocycles. The highest BCUT2D eigenvalue weighted by Gasteiger charge is 2.41. The van der Waals surface area contributed by atoms with E-state index < -0.39 is 0 Å². The van der Waals surface area contributed by atoms with E-state index in [9.17, 15) is 5.11 Å². The molecular formula is C12H23NO2. The quantitative estimate of drug-likeness (QED) is 0.723. The molecule has 2 saturated carbocycles. The second-order valence-corrected chi connectivity index (χ2v) is 5.11. The summed E-state index contributed by atoms with van der Waals surface area (Å²) in [6.07, 6.45) is 7.46. The largest absolute Gasteiger partial charge is 0.394 e. The summed E-state index contributed by atoms with van der Waals surface area (Å²) in [6.45, 7) is 1.26. The predicted molar refractivity (Wildman–Crippen MR) is 59.8 cm³/mol. The third kappa shape index (κ3) is 2.52. The molecule has 0 aromatic carbocycles. The van der Waals surface area contributed by atoms with Crippen molar-refractivity contribution < 1.29 is 9.84 Å². The first-order valence-electron chi connectivity index (χ1n) is 6.19. The van der Waals surface area contributed by atoms with Crippen LogP contribution >= 0.6 is 0 Å². The highest BCUT2D eigenvalue weighted by Crippen LogP contribution is 2.33. The van der Waals surface area contributed by atoms with Crippen molar-refractivity contribution in [3.05, 3.63) is 0 Å². The number of ether oxygens (including phenoxy) is 1. The summed E-state index contributed by atoms with van der Waals surface area (Å²) in [4.78, 5) is 0. The van der Waals surface area contributed by atoms with Crippen LogP contribution < -0.4 is 5.32 Å². The standard InChI is InChI=1S/C12H23NO2/c1-15-11-4-2-3-7-12(11,9-14)13-8-10-5-6-10/h10-11,13-14H,2-9H2,1H3. The third-order valence-electron chi connectivity index (χ3n) is 3.96. The molecule has 0 saturated heterocycles. The number of hydrogen-bond donors (Lipinski definition) is 2. The molecule has 3 nitrogen and oxygen atoms in total. The van der Waals surface area contributed by atoms with Gasteiger partial charge in [0.25, 0.3) is 0 Å². The fourth-order valence-electron chi connectivity index (χ4n) is 2.66. The Bertz CT molecular complexity index is 206. The molecule has 0 amide bonds. The van der Waals surface area contributed by atoms with Gasteiger partial charge >= 0.3 is 0 Å². The van der Waals surface area contributed by atoms with Crippen LogP contribution in [0.4, 0.5) is 0 Å². The Labute approximate surface area is 92.2 Å². The van der Waals surface area contributed by atoms with Crippen molar-refractivity contribution in [1.82, 2.24) is 5.32 Å². The molecule has 3 heteroatoms. The van der Waals surface area contributed by atoms with E-state index in [-0.39, 0.29) is 18.2 Å². The SMILES string of the molecule is COC1CCCCC1(CO)NCC1CC1. The van der Waals surface area contributed by atoms with Crippen LogP contribution in [0.25, 0.3) is 0 Å². The van der Waals surface area contributed by atoms with Gasteiger partial charge in [-0.05, 0) is 38.1 Å². The van der Waals surface area contributed by atoms with Crippen LogP contribution in [0.2, 0.25) is 0 Å². The maximum atomic E-state index is 9.63. The molecule has 2 fully saturated rings. The second kappa shape index (κ2) is 4.81. The molecule has 2 aliphatic carbocycles. The smallest absolute Gasteiger partial charge is 0.0775 e. The van der Waals surface area contributed by atoms with Gasteiger partial charge in [-0.25, -0.2) is 0 Å². The van der Waals surface area contributed by atoms with Crippen LogP contribution in [-0.2, 0) is 4.74 Å². The summed E-state index contributed by atoms with van der Waals surface area (Å²) in [5.74, 6) is 0.854. The van der Waals surface area contributed by atoms with E-state index in [2.05, 4.69) is 5.32 Å². The zero-order chi connectivity index (χ0) is 10.7. The highest BCUT2D eigenvalue weighted by molar-refractivity contribution is 4.99. The number of nitrogens with one attached hydrogen (secondary N) is 1. The minimum Gasteiger partial charge on any atom is -0.394 e. The number of aliphatic hydroxyl groups excluding tert-OH is 1. The van der Waals surface area contributed by atoms with Crippen molar-refractivity contribution in [3.8, 4) is 0 Å². The number of hydrogen-bond acceptors (Lipinski definition) is 3. The van der Waals surface area contributed by atoms with E-state index >= 15 is 0 Å². The molecular weight excluding hydrogens is 190 g/mol. The van der Waals surface area contributed by atoms with Crippen LogP contribution in [0.15, 0.2) is 0 Å². The highest BCUT2D eigenvalue weighted by atomic mass is 16.5. The first-order valence-corrected chi connectivity index (χ1v) is 6.19. The van der Waals surface area contributed by atoms with Gasteiger partial charge in [0.2, 0.25) is 0 Å². The predicted octanol–water partition coefficient (Wildman–Crippen LogP) is 1.31. The lowest BCUT2D eigenvalue weighted by Gasteiger charge is -2.43. The first kappa shape index (κ1) is 11.4. The Hall–Kier alpha value is -0.120. The van der Waals surface area contributed by atoms with E-state index in [0.29, 0.717) is 0 Å². The molecule has 15 heavy (non-hydrogen) atoms. The molecule has 0 bridgehead atoms. The summed E-state index contributed by atoms with van der Waals surface area (Å²) in [5, 5.41) is 13.2. The van der Waals surface area contributed by atoms with Gasteiger partial charge in [0.1, 0.15) is 0 Å². The van der Waals surface area contributed by atoms with Crippen molar-refractivity contribution in [2.45, 2.75) is 50.2 Å². The monoisotopic (exact) mass is 213 g/mol. The molecule has 2 aliphatic rings. The summed E-state index contributed by atoms with van der Waals surface area (Å²) < 4.78 is 5.53. The number of aliphatic hydroxyl groups is 1. The summed E-state index contributed by atoms with van der Waals surface area (Å²) >= 11 is 0. The van der Waals surface area contributed by atoms with Gasteiger partial charge in [0.15, 0.2) is 0 Å². The second-order valence-electron chi connectivity index (χ2n) is 5.11. The van der Waals surface area contributed by atoms with Crippen molar-refractivity contribution >= 4 is 0 Å². The number of methoxy groups -OCH3 is 1. The van der Waals surface area contributed by atoms with Gasteiger partial charge < -0.3 is 15.2 Å². The molecule has 0 aromatic rings. The van der Waals surface area contributed by atoms with Crippen LogP contribution in [0, 0.1) is 5.92 Å². The zero-order valence-electron chi connectivity index (χ0n) is 9.67. The van der Waals surface area contributed by atoms with E-state index in [0.717, 1.165) is 25.3 Å². The molecule has 88 valence electrons. The molecule has 2 unspecified atom stereocenters. The Kier molecular flexibility index (Phi) is 3.65. The third-order valence-corrected chi connectivity index (χ3v) is 3.96. The normalized spacial score (nSPS) is 36.8. The van der Waals surface area contributed by atoms with Gasteiger partial charge in [-0.2, -0.15) is 0 Å². The van der Waals surface area contributed by atoms with E-state index in [1.54, 1.807) is 7.11 Å². The molecule has 2 N–H and O–H groups in total. The van der Waals surface area contributed by atoms with Crippen molar-refractivity contribution in [2.24, 2.45) is 5.92 Å². The Morgan fingerprint density at radius 1 is 1.33 bits per heavy atom. The lowest BCUT2D eigenvalue weighted by atomic mass is 9.79. The first-order chi connectivity index (χ1) is 7.30. The lowest BCUT2D eigenvalue weighted by molar-refractivity contribution is -0.0384. The van der Waals surface area contributed by atoms with Crippen LogP contribution in [-0.4, -0.2) is 37.0 Å². The Balaban J connectivity index is 1.94. The van der Waals surface area contributed by atoms with Crippen molar-refractivity contribution in [3.63, 3.8) is 0 Å². The summed E-state index contributed by atoms with van der Waals surface area (Å²) in [7, 11) is 1.76. The molecule has 0 heterocycles. The molecule has 2 atom stereocenters. The van der Waals surface area contributed by atoms with Crippen LogP contribution in [0.5, 0.6) is 0 Å². The van der Waals surface area contributed by atoms with Crippen molar-refractivity contribution in [2.75, 3.05) is 20.3 Å². The van der Waals surface area contributed by atoms with Crippen LogP contribution in [0.1, 0.15) is 38.5 Å². The minimum absolute atomic E-state index is 0.157. The maximum Gasteiger partial charge on any atom is 0.0775 e. The zero-order valence-corrected chi connectivity index (χ0v) is 9.67. The molecule has 0 aliphatic heterocycles. The molecule has 0 radical (unpaired) electrons. The van der Waals surface area contributed by atoms with Crippen LogP contribution in [0.3, 0.4) is 0 Å². The average molecular weight is 213 g/mol. The number of rotatable bonds is 5. The Morgan fingerprint density at radius 2 is 2.13 bits per heavy atom. The maximum absolute atomic E-state index is 9.63. The molecule has 2 rings (SSSR count). The van der Waals surface area contributed by atoms with E-state index in [1.165, 1.54) is 25.7 Å². The van der Waals surface area contributed by atoms with Gasteiger partial charge in [0.05, 0.1) is 18.2 Å². The van der Waals surface area contributed by atoms with Gasteiger partial charge in [0, 0.05) is 7.11 Å². The van der Waals surface area contributed by atoms with Gasteiger partial charge in [-0.15, -0.1) is 0 Å². The van der Waals surface area contributed by atoms with E-state index in [4.69, 9.17) is 4.74 Å². The van der Waals surface area contributed by atoms with Gasteiger partial charge in [-0.1, -0.05) is 12.8 Å². The van der Waals surface area contributed by atoms with Gasteiger partial charge in [-0.3, -0.25) is 0 Å². The lowest BCUT2D eigenvalue weighted by Crippen LogP contribution is -2.59. The fourth-order valence-corrected chi connectivity index (χ4v) is 2.66. The topological polar surface area (TPSA) is 41.5 Å². The molecule has 0 spiro atoms.